The van der Waals surface area contributed by atoms with E-state index >= 15 is 0 Å². The highest BCUT2D eigenvalue weighted by molar-refractivity contribution is 5.82. The zero-order valence-corrected chi connectivity index (χ0v) is 13.4. The van der Waals surface area contributed by atoms with Crippen molar-refractivity contribution in [2.75, 3.05) is 32.7 Å². The Balaban J connectivity index is 1.48. The van der Waals surface area contributed by atoms with Crippen molar-refractivity contribution in [3.05, 3.63) is 30.1 Å². The van der Waals surface area contributed by atoms with E-state index < -0.39 is 0 Å². The van der Waals surface area contributed by atoms with E-state index in [1.54, 1.807) is 0 Å². The Morgan fingerprint density at radius 3 is 2.82 bits per heavy atom. The van der Waals surface area contributed by atoms with Gasteiger partial charge in [0.25, 0.3) is 0 Å². The Kier molecular flexibility index (Phi) is 5.05. The van der Waals surface area contributed by atoms with Crippen molar-refractivity contribution < 1.29 is 4.79 Å². The molecule has 2 unspecified atom stereocenters. The number of rotatable bonds is 3. The smallest absolute Gasteiger partial charge is 0.239 e. The molecule has 3 rings (SSSR count). The fourth-order valence-electron chi connectivity index (χ4n) is 3.36. The monoisotopic (exact) mass is 302 g/mol. The van der Waals surface area contributed by atoms with Gasteiger partial charge < -0.3 is 10.2 Å². The van der Waals surface area contributed by atoms with Gasteiger partial charge in [-0.05, 0) is 37.4 Å². The van der Waals surface area contributed by atoms with Crippen LogP contribution in [0.3, 0.4) is 0 Å². The Morgan fingerprint density at radius 1 is 1.32 bits per heavy atom. The van der Waals surface area contributed by atoms with Gasteiger partial charge in [0.1, 0.15) is 0 Å². The summed E-state index contributed by atoms with van der Waals surface area (Å²) < 4.78 is 0. The third-order valence-corrected chi connectivity index (χ3v) is 4.76. The average molecular weight is 302 g/mol. The second-order valence-corrected chi connectivity index (χ2v) is 6.56. The zero-order chi connectivity index (χ0) is 15.4. The molecular formula is C17H26N4O. The van der Waals surface area contributed by atoms with Gasteiger partial charge in [-0.2, -0.15) is 0 Å². The van der Waals surface area contributed by atoms with Crippen molar-refractivity contribution in [2.45, 2.75) is 32.4 Å². The predicted molar refractivity (Wildman–Crippen MR) is 86.3 cm³/mol. The highest BCUT2D eigenvalue weighted by atomic mass is 16.2. The molecule has 5 heteroatoms. The standard InChI is InChI=1S/C17H26N4O/c1-14-5-7-19-16(12-14)17(22)21-10-8-20(9-11-21)13-15-4-2-3-6-18-15/h2-4,6,14,16,19H,5,7-13H2,1H3. The number of hydrogen-bond donors (Lipinski definition) is 1. The molecule has 120 valence electrons. The summed E-state index contributed by atoms with van der Waals surface area (Å²) in [5, 5.41) is 3.38. The molecule has 0 saturated carbocycles. The van der Waals surface area contributed by atoms with Gasteiger partial charge in [-0.3, -0.25) is 14.7 Å². The minimum absolute atomic E-state index is 0.0334. The van der Waals surface area contributed by atoms with Crippen LogP contribution in [0.25, 0.3) is 0 Å². The van der Waals surface area contributed by atoms with Crippen LogP contribution in [0, 0.1) is 5.92 Å². The number of piperazine rings is 1. The lowest BCUT2D eigenvalue weighted by Gasteiger charge is -2.38. The van der Waals surface area contributed by atoms with E-state index in [0.717, 1.165) is 51.4 Å². The first-order chi connectivity index (χ1) is 10.7. The summed E-state index contributed by atoms with van der Waals surface area (Å²) in [6.45, 7) is 7.62. The van der Waals surface area contributed by atoms with Gasteiger partial charge in [0.05, 0.1) is 11.7 Å². The van der Waals surface area contributed by atoms with Gasteiger partial charge in [0, 0.05) is 38.9 Å². The summed E-state index contributed by atoms with van der Waals surface area (Å²) in [5.41, 5.74) is 1.10. The Morgan fingerprint density at radius 2 is 2.14 bits per heavy atom. The number of carbonyl (C=O) groups excluding carboxylic acids is 1. The first-order valence-corrected chi connectivity index (χ1v) is 8.37. The molecule has 1 aromatic heterocycles. The van der Waals surface area contributed by atoms with E-state index in [0.29, 0.717) is 11.8 Å². The van der Waals surface area contributed by atoms with Crippen LogP contribution in [0.1, 0.15) is 25.5 Å². The van der Waals surface area contributed by atoms with Crippen LogP contribution in [-0.4, -0.2) is 59.5 Å². The van der Waals surface area contributed by atoms with Gasteiger partial charge in [0.2, 0.25) is 5.91 Å². The lowest BCUT2D eigenvalue weighted by Crippen LogP contribution is -2.55. The molecule has 2 atom stereocenters. The van der Waals surface area contributed by atoms with Gasteiger partial charge in [-0.1, -0.05) is 13.0 Å². The largest absolute Gasteiger partial charge is 0.339 e. The lowest BCUT2D eigenvalue weighted by molar-refractivity contribution is -0.136. The molecule has 0 bridgehead atoms. The van der Waals surface area contributed by atoms with E-state index in [-0.39, 0.29) is 6.04 Å². The second-order valence-electron chi connectivity index (χ2n) is 6.56. The molecule has 1 aromatic rings. The summed E-state index contributed by atoms with van der Waals surface area (Å²) in [4.78, 5) is 21.4. The maximum Gasteiger partial charge on any atom is 0.239 e. The number of pyridine rings is 1. The SMILES string of the molecule is CC1CCNC(C(=O)N2CCN(Cc3ccccn3)CC2)C1. The fraction of sp³-hybridized carbons (Fsp3) is 0.647. The number of piperidine rings is 1. The van der Waals surface area contributed by atoms with Gasteiger partial charge >= 0.3 is 0 Å². The molecule has 1 N–H and O–H groups in total. The van der Waals surface area contributed by atoms with Crippen LogP contribution < -0.4 is 5.32 Å². The van der Waals surface area contributed by atoms with Gasteiger partial charge in [-0.25, -0.2) is 0 Å². The van der Waals surface area contributed by atoms with Crippen molar-refractivity contribution >= 4 is 5.91 Å². The number of carbonyl (C=O) groups is 1. The first-order valence-electron chi connectivity index (χ1n) is 8.37. The fourth-order valence-corrected chi connectivity index (χ4v) is 3.36. The van der Waals surface area contributed by atoms with Crippen molar-refractivity contribution in [1.29, 1.82) is 0 Å². The van der Waals surface area contributed by atoms with Crippen LogP contribution in [-0.2, 0) is 11.3 Å². The second kappa shape index (κ2) is 7.20. The van der Waals surface area contributed by atoms with Crippen LogP contribution in [0.5, 0.6) is 0 Å². The first kappa shape index (κ1) is 15.4. The molecule has 0 spiro atoms. The van der Waals surface area contributed by atoms with Crippen LogP contribution in [0.2, 0.25) is 0 Å². The normalized spacial score (nSPS) is 26.9. The number of aromatic nitrogens is 1. The third kappa shape index (κ3) is 3.84. The molecule has 22 heavy (non-hydrogen) atoms. The molecule has 2 saturated heterocycles. The Bertz CT molecular complexity index is 485. The molecule has 0 aliphatic carbocycles. The number of nitrogens with one attached hydrogen (secondary N) is 1. The maximum absolute atomic E-state index is 12.6. The molecule has 5 nitrogen and oxygen atoms in total. The lowest BCUT2D eigenvalue weighted by atomic mass is 9.93. The highest BCUT2D eigenvalue weighted by Gasteiger charge is 2.30. The topological polar surface area (TPSA) is 48.5 Å². The van der Waals surface area contributed by atoms with Crippen molar-refractivity contribution in [3.63, 3.8) is 0 Å². The average Bonchev–Trinajstić information content (AvgIpc) is 2.56. The molecule has 3 heterocycles. The zero-order valence-electron chi connectivity index (χ0n) is 13.4. The van der Waals surface area contributed by atoms with Crippen molar-refractivity contribution in [2.24, 2.45) is 5.92 Å². The summed E-state index contributed by atoms with van der Waals surface area (Å²) >= 11 is 0. The van der Waals surface area contributed by atoms with Crippen molar-refractivity contribution in [3.8, 4) is 0 Å². The van der Waals surface area contributed by atoms with Crippen molar-refractivity contribution in [1.82, 2.24) is 20.1 Å². The minimum Gasteiger partial charge on any atom is -0.339 e. The summed E-state index contributed by atoms with van der Waals surface area (Å²) in [6, 6.07) is 6.06. The molecule has 0 aromatic carbocycles. The number of nitrogens with zero attached hydrogens (tertiary/aromatic N) is 3. The molecule has 0 radical (unpaired) electrons. The molecule has 2 aliphatic heterocycles. The summed E-state index contributed by atoms with van der Waals surface area (Å²) in [5.74, 6) is 0.949. The van der Waals surface area contributed by atoms with Crippen LogP contribution in [0.15, 0.2) is 24.4 Å². The minimum atomic E-state index is 0.0334. The predicted octanol–water partition coefficient (Wildman–Crippen LogP) is 1.11. The Labute approximate surface area is 132 Å². The summed E-state index contributed by atoms with van der Waals surface area (Å²) in [7, 11) is 0. The molecular weight excluding hydrogens is 276 g/mol. The van der Waals surface area contributed by atoms with E-state index in [1.165, 1.54) is 6.42 Å². The molecule has 2 aliphatic rings. The van der Waals surface area contributed by atoms with E-state index in [2.05, 4.69) is 28.2 Å². The van der Waals surface area contributed by atoms with Crippen LogP contribution in [0.4, 0.5) is 0 Å². The van der Waals surface area contributed by atoms with E-state index in [9.17, 15) is 4.79 Å². The highest BCUT2D eigenvalue weighted by Crippen LogP contribution is 2.17. The summed E-state index contributed by atoms with van der Waals surface area (Å²) in [6.07, 6.45) is 4.00. The quantitative estimate of drug-likeness (QED) is 0.909. The van der Waals surface area contributed by atoms with Crippen LogP contribution >= 0.6 is 0 Å². The molecule has 2 fully saturated rings. The number of hydrogen-bond acceptors (Lipinski definition) is 4. The van der Waals surface area contributed by atoms with Gasteiger partial charge in [-0.15, -0.1) is 0 Å². The number of amides is 1. The maximum atomic E-state index is 12.6. The Hall–Kier alpha value is -1.46. The molecule has 1 amide bonds. The van der Waals surface area contributed by atoms with E-state index in [4.69, 9.17) is 0 Å². The van der Waals surface area contributed by atoms with E-state index in [1.807, 2.05) is 23.2 Å². The van der Waals surface area contributed by atoms with Gasteiger partial charge in [0.15, 0.2) is 0 Å². The third-order valence-electron chi connectivity index (χ3n) is 4.76.